The van der Waals surface area contributed by atoms with E-state index in [4.69, 9.17) is 10.8 Å². The van der Waals surface area contributed by atoms with Crippen molar-refractivity contribution in [2.45, 2.75) is 25.6 Å². The van der Waals surface area contributed by atoms with E-state index in [9.17, 15) is 14.4 Å². The number of carboxylic acid groups (broad SMARTS) is 1. The zero-order chi connectivity index (χ0) is 19.6. The van der Waals surface area contributed by atoms with Gasteiger partial charge >= 0.3 is 12.0 Å². The molecule has 1 aliphatic rings. The number of carbonyl (C=O) groups is 3. The van der Waals surface area contributed by atoms with Crippen LogP contribution in [-0.2, 0) is 28.2 Å². The molecule has 0 saturated carbocycles. The fraction of sp³-hybridized carbons (Fsp3) is 0.250. The van der Waals surface area contributed by atoms with E-state index < -0.39 is 30.0 Å². The fourth-order valence-corrected chi connectivity index (χ4v) is 3.31. The van der Waals surface area contributed by atoms with Gasteiger partial charge in [0, 0.05) is 13.1 Å². The number of hydrogen-bond acceptors (Lipinski definition) is 4. The molecule has 0 spiro atoms. The van der Waals surface area contributed by atoms with Crippen molar-refractivity contribution >= 4 is 17.9 Å². The SMILES string of the molecule is C[C@]1(c2ccc(CN)cc2)C(=O)N(CC(=O)O)C(=O)N1Cc1ccccc1. The molecular weight excluding hydrogens is 346 g/mol. The first-order valence-corrected chi connectivity index (χ1v) is 8.56. The monoisotopic (exact) mass is 367 g/mol. The van der Waals surface area contributed by atoms with Crippen molar-refractivity contribution in [3.05, 3.63) is 71.3 Å². The molecule has 0 bridgehead atoms. The lowest BCUT2D eigenvalue weighted by Gasteiger charge is -2.32. The maximum Gasteiger partial charge on any atom is 0.328 e. The minimum absolute atomic E-state index is 0.191. The number of hydrogen-bond donors (Lipinski definition) is 2. The Labute approximate surface area is 157 Å². The van der Waals surface area contributed by atoms with E-state index in [2.05, 4.69) is 0 Å². The van der Waals surface area contributed by atoms with Gasteiger partial charge in [-0.05, 0) is 23.6 Å². The average Bonchev–Trinajstić information content (AvgIpc) is 2.85. The molecule has 3 rings (SSSR count). The maximum atomic E-state index is 13.1. The van der Waals surface area contributed by atoms with Gasteiger partial charge in [-0.15, -0.1) is 0 Å². The molecule has 2 aromatic rings. The Hall–Kier alpha value is -3.19. The van der Waals surface area contributed by atoms with Crippen molar-refractivity contribution in [3.63, 3.8) is 0 Å². The van der Waals surface area contributed by atoms with Gasteiger partial charge in [0.1, 0.15) is 12.1 Å². The predicted molar refractivity (Wildman–Crippen MR) is 98.4 cm³/mol. The van der Waals surface area contributed by atoms with Crippen molar-refractivity contribution < 1.29 is 19.5 Å². The van der Waals surface area contributed by atoms with E-state index in [1.54, 1.807) is 31.2 Å². The predicted octanol–water partition coefficient (Wildman–Crippen LogP) is 1.91. The summed E-state index contributed by atoms with van der Waals surface area (Å²) in [6.45, 7) is 1.54. The standard InChI is InChI=1S/C20H21N3O4/c1-20(16-9-7-14(11-21)8-10-16)18(26)22(13-17(24)25)19(27)23(20)12-15-5-3-2-4-6-15/h2-10H,11-13,21H2,1H3,(H,24,25)/t20-/m0/s1. The molecule has 0 unspecified atom stereocenters. The number of carbonyl (C=O) groups excluding carboxylic acids is 2. The zero-order valence-corrected chi connectivity index (χ0v) is 15.0. The van der Waals surface area contributed by atoms with Crippen molar-refractivity contribution in [1.29, 1.82) is 0 Å². The van der Waals surface area contributed by atoms with E-state index in [1.807, 2.05) is 30.3 Å². The van der Waals surface area contributed by atoms with Gasteiger partial charge in [-0.25, -0.2) is 4.79 Å². The van der Waals surface area contributed by atoms with Gasteiger partial charge in [0.05, 0.1) is 0 Å². The molecule has 1 saturated heterocycles. The average molecular weight is 367 g/mol. The lowest BCUT2D eigenvalue weighted by atomic mass is 9.89. The van der Waals surface area contributed by atoms with Gasteiger partial charge in [-0.1, -0.05) is 54.6 Å². The van der Waals surface area contributed by atoms with Crippen LogP contribution in [0.2, 0.25) is 0 Å². The molecule has 2 aromatic carbocycles. The first-order valence-electron chi connectivity index (χ1n) is 8.56. The number of nitrogens with two attached hydrogens (primary N) is 1. The molecule has 7 heteroatoms. The molecule has 1 atom stereocenters. The highest BCUT2D eigenvalue weighted by Crippen LogP contribution is 2.38. The van der Waals surface area contributed by atoms with Crippen LogP contribution in [0.5, 0.6) is 0 Å². The van der Waals surface area contributed by atoms with Crippen LogP contribution in [0.3, 0.4) is 0 Å². The van der Waals surface area contributed by atoms with E-state index in [-0.39, 0.29) is 6.54 Å². The summed E-state index contributed by atoms with van der Waals surface area (Å²) in [6.07, 6.45) is 0. The molecule has 3 N–H and O–H groups in total. The van der Waals surface area contributed by atoms with Gasteiger partial charge in [0.15, 0.2) is 0 Å². The largest absolute Gasteiger partial charge is 0.480 e. The summed E-state index contributed by atoms with van der Waals surface area (Å²) in [6, 6.07) is 15.8. The minimum Gasteiger partial charge on any atom is -0.480 e. The van der Waals surface area contributed by atoms with E-state index in [0.717, 1.165) is 16.0 Å². The number of imide groups is 1. The maximum absolute atomic E-state index is 13.1. The lowest BCUT2D eigenvalue weighted by Crippen LogP contribution is -2.44. The first-order chi connectivity index (χ1) is 12.9. The quantitative estimate of drug-likeness (QED) is 0.759. The van der Waals surface area contributed by atoms with Crippen LogP contribution in [0.15, 0.2) is 54.6 Å². The Kier molecular flexibility index (Phi) is 4.96. The molecular formula is C20H21N3O4. The number of benzene rings is 2. The highest BCUT2D eigenvalue weighted by molar-refractivity contribution is 6.08. The summed E-state index contributed by atoms with van der Waals surface area (Å²) >= 11 is 0. The molecule has 1 fully saturated rings. The minimum atomic E-state index is -1.30. The van der Waals surface area contributed by atoms with Crippen molar-refractivity contribution in [3.8, 4) is 0 Å². The van der Waals surface area contributed by atoms with Gasteiger partial charge < -0.3 is 15.7 Å². The Morgan fingerprint density at radius 3 is 2.22 bits per heavy atom. The third-order valence-corrected chi connectivity index (χ3v) is 4.89. The number of urea groups is 1. The Bertz CT molecular complexity index is 867. The van der Waals surface area contributed by atoms with Gasteiger partial charge in [0.2, 0.25) is 0 Å². The molecule has 140 valence electrons. The summed E-state index contributed by atoms with van der Waals surface area (Å²) in [5.41, 5.74) is 6.70. The van der Waals surface area contributed by atoms with E-state index >= 15 is 0 Å². The summed E-state index contributed by atoms with van der Waals surface area (Å²) < 4.78 is 0. The van der Waals surface area contributed by atoms with Crippen LogP contribution in [0, 0.1) is 0 Å². The van der Waals surface area contributed by atoms with Crippen LogP contribution < -0.4 is 5.73 Å². The third-order valence-electron chi connectivity index (χ3n) is 4.89. The van der Waals surface area contributed by atoms with Crippen LogP contribution in [-0.4, -0.2) is 39.4 Å². The summed E-state index contributed by atoms with van der Waals surface area (Å²) in [7, 11) is 0. The number of amides is 3. The molecule has 3 amide bonds. The number of aliphatic carboxylic acids is 1. The molecule has 0 aromatic heterocycles. The van der Waals surface area contributed by atoms with Gasteiger partial charge in [-0.3, -0.25) is 14.5 Å². The molecule has 1 heterocycles. The number of carboxylic acids is 1. The molecule has 7 nitrogen and oxygen atoms in total. The second-order valence-electron chi connectivity index (χ2n) is 6.61. The van der Waals surface area contributed by atoms with E-state index in [0.29, 0.717) is 12.1 Å². The highest BCUT2D eigenvalue weighted by atomic mass is 16.4. The second kappa shape index (κ2) is 7.20. The topological polar surface area (TPSA) is 104 Å². The molecule has 1 aliphatic heterocycles. The zero-order valence-electron chi connectivity index (χ0n) is 15.0. The molecule has 0 radical (unpaired) electrons. The molecule has 0 aliphatic carbocycles. The molecule has 27 heavy (non-hydrogen) atoms. The summed E-state index contributed by atoms with van der Waals surface area (Å²) in [4.78, 5) is 39.4. The third kappa shape index (κ3) is 3.29. The van der Waals surface area contributed by atoms with Gasteiger partial charge in [0.25, 0.3) is 5.91 Å². The van der Waals surface area contributed by atoms with Crippen molar-refractivity contribution in [2.75, 3.05) is 6.54 Å². The second-order valence-corrected chi connectivity index (χ2v) is 6.61. The lowest BCUT2D eigenvalue weighted by molar-refractivity contribution is -0.143. The van der Waals surface area contributed by atoms with Gasteiger partial charge in [-0.2, -0.15) is 0 Å². The smallest absolute Gasteiger partial charge is 0.328 e. The van der Waals surface area contributed by atoms with Crippen LogP contribution in [0.1, 0.15) is 23.6 Å². The van der Waals surface area contributed by atoms with Crippen molar-refractivity contribution in [2.24, 2.45) is 5.73 Å². The fourth-order valence-electron chi connectivity index (χ4n) is 3.31. The van der Waals surface area contributed by atoms with E-state index in [1.165, 1.54) is 4.90 Å². The Morgan fingerprint density at radius 1 is 1.04 bits per heavy atom. The van der Waals surface area contributed by atoms with Crippen LogP contribution in [0.4, 0.5) is 4.79 Å². The van der Waals surface area contributed by atoms with Crippen LogP contribution >= 0.6 is 0 Å². The number of nitrogens with zero attached hydrogens (tertiary/aromatic N) is 2. The van der Waals surface area contributed by atoms with Crippen LogP contribution in [0.25, 0.3) is 0 Å². The number of rotatable bonds is 6. The summed E-state index contributed by atoms with van der Waals surface area (Å²) in [5, 5.41) is 9.12. The Morgan fingerprint density at radius 2 is 1.67 bits per heavy atom. The highest BCUT2D eigenvalue weighted by Gasteiger charge is 2.55. The normalized spacial score (nSPS) is 19.6. The summed E-state index contributed by atoms with van der Waals surface area (Å²) in [5.74, 6) is -1.79. The first kappa shape index (κ1) is 18.6. The van der Waals surface area contributed by atoms with Crippen molar-refractivity contribution in [1.82, 2.24) is 9.80 Å². The Balaban J connectivity index is 2.05.